The van der Waals surface area contributed by atoms with Gasteiger partial charge in [0.05, 0.1) is 29.3 Å². The molecule has 1 aliphatic rings. The quantitative estimate of drug-likeness (QED) is 0.330. The molecule has 6 nitrogen and oxygen atoms in total. The first-order chi connectivity index (χ1) is 16.7. The number of benzene rings is 3. The fraction of sp³-hybridized carbons (Fsp3) is 0.214. The molecule has 1 unspecified atom stereocenters. The van der Waals surface area contributed by atoms with Gasteiger partial charge in [0.1, 0.15) is 5.75 Å². The Morgan fingerprint density at radius 1 is 1.03 bits per heavy atom. The number of rotatable bonds is 7. The molecule has 1 aliphatic heterocycles. The fourth-order valence-corrected chi connectivity index (χ4v) is 4.37. The monoisotopic (exact) mass is 452 g/mol. The third-order valence-corrected chi connectivity index (χ3v) is 6.07. The number of hydrogen-bond acceptors (Lipinski definition) is 4. The Hall–Kier alpha value is -4.06. The lowest BCUT2D eigenvalue weighted by Gasteiger charge is -2.30. The Bertz CT molecular complexity index is 1340. The van der Waals surface area contributed by atoms with Crippen molar-refractivity contribution in [1.29, 1.82) is 0 Å². The van der Waals surface area contributed by atoms with Crippen molar-refractivity contribution >= 4 is 28.6 Å². The third kappa shape index (κ3) is 4.15. The summed E-state index contributed by atoms with van der Waals surface area (Å²) in [7, 11) is 0. The zero-order valence-electron chi connectivity index (χ0n) is 19.4. The number of ether oxygens (including phenoxy) is 1. The van der Waals surface area contributed by atoms with Gasteiger partial charge in [-0.05, 0) is 55.3 Å². The highest BCUT2D eigenvalue weighted by atomic mass is 16.5. The minimum Gasteiger partial charge on any atom is -0.494 e. The predicted octanol–water partition coefficient (Wildman–Crippen LogP) is 6.14. The molecule has 4 aromatic rings. The van der Waals surface area contributed by atoms with Crippen LogP contribution in [0.1, 0.15) is 38.3 Å². The second-order valence-corrected chi connectivity index (χ2v) is 8.45. The van der Waals surface area contributed by atoms with Crippen molar-refractivity contribution in [2.24, 2.45) is 0 Å². The summed E-state index contributed by atoms with van der Waals surface area (Å²) in [4.78, 5) is 18.4. The van der Waals surface area contributed by atoms with E-state index in [1.807, 2.05) is 85.8 Å². The number of hydrogen-bond donors (Lipinski definition) is 2. The Kier molecular flexibility index (Phi) is 6.04. The van der Waals surface area contributed by atoms with Crippen LogP contribution >= 0.6 is 0 Å². The molecule has 1 atom stereocenters. The molecule has 1 amide bonds. The van der Waals surface area contributed by atoms with E-state index in [-0.39, 0.29) is 11.9 Å². The van der Waals surface area contributed by atoms with Gasteiger partial charge in [-0.3, -0.25) is 9.36 Å². The van der Waals surface area contributed by atoms with Gasteiger partial charge in [0.25, 0.3) is 5.91 Å². The maximum atomic E-state index is 13.6. The fourth-order valence-electron chi connectivity index (χ4n) is 4.37. The highest BCUT2D eigenvalue weighted by molar-refractivity contribution is 6.06. The van der Waals surface area contributed by atoms with E-state index in [0.29, 0.717) is 12.2 Å². The lowest BCUT2D eigenvalue weighted by atomic mass is 9.94. The number of unbranched alkanes of at least 4 members (excludes halogenated alkanes) is 1. The van der Waals surface area contributed by atoms with Crippen LogP contribution in [-0.4, -0.2) is 22.1 Å². The first kappa shape index (κ1) is 21.8. The molecule has 0 bridgehead atoms. The minimum absolute atomic E-state index is 0.145. The maximum absolute atomic E-state index is 13.6. The molecular weight excluding hydrogens is 424 g/mol. The van der Waals surface area contributed by atoms with Crippen LogP contribution in [0.4, 0.5) is 11.6 Å². The molecule has 2 N–H and O–H groups in total. The van der Waals surface area contributed by atoms with E-state index in [1.165, 1.54) is 0 Å². The third-order valence-electron chi connectivity index (χ3n) is 6.07. The number of imidazole rings is 1. The summed E-state index contributed by atoms with van der Waals surface area (Å²) < 4.78 is 7.97. The van der Waals surface area contributed by atoms with Gasteiger partial charge in [0.2, 0.25) is 5.95 Å². The Morgan fingerprint density at radius 3 is 2.53 bits per heavy atom. The second-order valence-electron chi connectivity index (χ2n) is 8.45. The standard InChI is InChI=1S/C28H28N4O2/c1-3-4-18-34-22-16-14-20(15-17-22)26-25(27(33)30-21-10-6-5-7-11-21)19(2)29-28-31-23-12-8-9-13-24(23)32(26)28/h5-17,26H,3-4,18H2,1-2H3,(H,29,31)(H,30,33). The first-order valence-electron chi connectivity index (χ1n) is 11.7. The Balaban J connectivity index is 1.57. The molecule has 6 heteroatoms. The summed E-state index contributed by atoms with van der Waals surface area (Å²) in [6, 6.07) is 25.2. The van der Waals surface area contributed by atoms with Crippen molar-refractivity contribution < 1.29 is 9.53 Å². The number of fused-ring (bicyclic) bond motifs is 3. The highest BCUT2D eigenvalue weighted by Crippen LogP contribution is 2.39. The average molecular weight is 453 g/mol. The number of para-hydroxylation sites is 3. The molecule has 5 rings (SSSR count). The minimum atomic E-state index is -0.336. The van der Waals surface area contributed by atoms with Crippen molar-refractivity contribution in [3.8, 4) is 5.75 Å². The van der Waals surface area contributed by atoms with E-state index in [2.05, 4.69) is 22.1 Å². The molecule has 0 fully saturated rings. The van der Waals surface area contributed by atoms with E-state index in [1.54, 1.807) is 0 Å². The summed E-state index contributed by atoms with van der Waals surface area (Å²) in [5.41, 5.74) is 5.03. The molecule has 0 spiro atoms. The summed E-state index contributed by atoms with van der Waals surface area (Å²) in [5.74, 6) is 1.41. The molecular formula is C28H28N4O2. The number of carbonyl (C=O) groups excluding carboxylic acids is 1. The molecule has 0 aliphatic carbocycles. The number of nitrogens with zero attached hydrogens (tertiary/aromatic N) is 2. The molecule has 34 heavy (non-hydrogen) atoms. The van der Waals surface area contributed by atoms with Crippen LogP contribution in [0, 0.1) is 0 Å². The van der Waals surface area contributed by atoms with Gasteiger partial charge in [0, 0.05) is 11.4 Å². The van der Waals surface area contributed by atoms with Crippen LogP contribution in [-0.2, 0) is 4.79 Å². The van der Waals surface area contributed by atoms with Crippen molar-refractivity contribution in [3.05, 3.63) is 95.7 Å². The van der Waals surface area contributed by atoms with Crippen molar-refractivity contribution in [3.63, 3.8) is 0 Å². The van der Waals surface area contributed by atoms with Gasteiger partial charge in [-0.1, -0.05) is 55.8 Å². The van der Waals surface area contributed by atoms with Gasteiger partial charge >= 0.3 is 0 Å². The van der Waals surface area contributed by atoms with Crippen LogP contribution in [0.15, 0.2) is 90.1 Å². The number of anilines is 2. The lowest BCUT2D eigenvalue weighted by molar-refractivity contribution is -0.113. The predicted molar refractivity (Wildman–Crippen MR) is 136 cm³/mol. The van der Waals surface area contributed by atoms with Crippen LogP contribution in [0.2, 0.25) is 0 Å². The Morgan fingerprint density at radius 2 is 1.76 bits per heavy atom. The van der Waals surface area contributed by atoms with Gasteiger partial charge in [-0.2, -0.15) is 0 Å². The van der Waals surface area contributed by atoms with Crippen molar-refractivity contribution in [2.75, 3.05) is 17.2 Å². The van der Waals surface area contributed by atoms with Crippen LogP contribution in [0.25, 0.3) is 11.0 Å². The van der Waals surface area contributed by atoms with Crippen molar-refractivity contribution in [2.45, 2.75) is 32.7 Å². The topological polar surface area (TPSA) is 68.2 Å². The zero-order valence-corrected chi connectivity index (χ0v) is 19.4. The van der Waals surface area contributed by atoms with Gasteiger partial charge in [-0.15, -0.1) is 0 Å². The van der Waals surface area contributed by atoms with Crippen molar-refractivity contribution in [1.82, 2.24) is 9.55 Å². The maximum Gasteiger partial charge on any atom is 0.255 e. The van der Waals surface area contributed by atoms with Gasteiger partial charge in [-0.25, -0.2) is 4.98 Å². The SMILES string of the molecule is CCCCOc1ccc(C2C(C(=O)Nc3ccccc3)=C(C)Nc3nc4ccccc4n32)cc1. The van der Waals surface area contributed by atoms with E-state index >= 15 is 0 Å². The van der Waals surface area contributed by atoms with E-state index in [4.69, 9.17) is 9.72 Å². The summed E-state index contributed by atoms with van der Waals surface area (Å²) in [6.45, 7) is 4.77. The highest BCUT2D eigenvalue weighted by Gasteiger charge is 2.34. The normalized spacial score (nSPS) is 15.1. The lowest BCUT2D eigenvalue weighted by Crippen LogP contribution is -2.30. The van der Waals surface area contributed by atoms with Crippen LogP contribution in [0.5, 0.6) is 5.75 Å². The number of amides is 1. The summed E-state index contributed by atoms with van der Waals surface area (Å²) >= 11 is 0. The number of nitrogens with one attached hydrogen (secondary N) is 2. The molecule has 0 radical (unpaired) electrons. The van der Waals surface area contributed by atoms with E-state index in [0.717, 1.165) is 52.5 Å². The molecule has 3 aromatic carbocycles. The molecule has 1 aromatic heterocycles. The largest absolute Gasteiger partial charge is 0.494 e. The summed E-state index contributed by atoms with van der Waals surface area (Å²) in [6.07, 6.45) is 2.11. The van der Waals surface area contributed by atoms with Crippen LogP contribution in [0.3, 0.4) is 0 Å². The van der Waals surface area contributed by atoms with Gasteiger partial charge in [0.15, 0.2) is 0 Å². The number of aromatic nitrogens is 2. The molecule has 172 valence electrons. The first-order valence-corrected chi connectivity index (χ1v) is 11.7. The van der Waals surface area contributed by atoms with E-state index < -0.39 is 0 Å². The van der Waals surface area contributed by atoms with Gasteiger partial charge < -0.3 is 15.4 Å². The molecule has 0 saturated carbocycles. The van der Waals surface area contributed by atoms with Crippen LogP contribution < -0.4 is 15.4 Å². The van der Waals surface area contributed by atoms with E-state index in [9.17, 15) is 4.79 Å². The second kappa shape index (κ2) is 9.43. The number of allylic oxidation sites excluding steroid dienone is 1. The number of carbonyl (C=O) groups is 1. The zero-order chi connectivity index (χ0) is 23.5. The summed E-state index contributed by atoms with van der Waals surface area (Å²) in [5, 5.41) is 6.42. The smallest absolute Gasteiger partial charge is 0.255 e. The Labute approximate surface area is 199 Å². The molecule has 0 saturated heterocycles. The molecule has 2 heterocycles. The average Bonchev–Trinajstić information content (AvgIpc) is 3.22.